The number of amides is 1. The number of aryl methyl sites for hydroxylation is 1. The molecule has 0 radical (unpaired) electrons. The molecule has 1 amide bonds. The van der Waals surface area contributed by atoms with Crippen LogP contribution in [0.4, 0.5) is 11.4 Å². The van der Waals surface area contributed by atoms with E-state index in [0.29, 0.717) is 17.0 Å². The van der Waals surface area contributed by atoms with E-state index in [1.807, 2.05) is 0 Å². The van der Waals surface area contributed by atoms with Crippen LogP contribution >= 0.6 is 0 Å². The van der Waals surface area contributed by atoms with Gasteiger partial charge in [0.1, 0.15) is 11.5 Å². The summed E-state index contributed by atoms with van der Waals surface area (Å²) in [6.07, 6.45) is 0. The van der Waals surface area contributed by atoms with E-state index in [4.69, 9.17) is 4.74 Å². The number of rotatable bonds is 3. The van der Waals surface area contributed by atoms with Gasteiger partial charge < -0.3 is 15.2 Å². The third-order valence-corrected chi connectivity index (χ3v) is 4.82. The molecule has 120 valence electrons. The maximum atomic E-state index is 12.5. The molecule has 0 saturated carbocycles. The third kappa shape index (κ3) is 3.07. The highest BCUT2D eigenvalue weighted by Gasteiger charge is 2.23. The van der Waals surface area contributed by atoms with Gasteiger partial charge in [0.15, 0.2) is 6.61 Å². The maximum Gasteiger partial charge on any atom is 0.262 e. The maximum absolute atomic E-state index is 12.5. The lowest BCUT2D eigenvalue weighted by atomic mass is 10.2. The van der Waals surface area contributed by atoms with Crippen molar-refractivity contribution in [3.05, 3.63) is 42.0 Å². The number of carbonyl (C=O) groups is 1. The van der Waals surface area contributed by atoms with Crippen LogP contribution in [0.5, 0.6) is 11.5 Å². The number of fused-ring (bicyclic) bond motifs is 1. The predicted octanol–water partition coefficient (Wildman–Crippen LogP) is 1.83. The van der Waals surface area contributed by atoms with E-state index in [1.165, 1.54) is 30.3 Å². The summed E-state index contributed by atoms with van der Waals surface area (Å²) in [5.41, 5.74) is 1.15. The molecule has 0 atom stereocenters. The highest BCUT2D eigenvalue weighted by Crippen LogP contribution is 2.33. The number of carbonyl (C=O) groups excluding carboxylic acids is 1. The van der Waals surface area contributed by atoms with Gasteiger partial charge in [0.05, 0.1) is 16.3 Å². The van der Waals surface area contributed by atoms with Gasteiger partial charge in [-0.1, -0.05) is 6.07 Å². The van der Waals surface area contributed by atoms with Crippen molar-refractivity contribution >= 4 is 27.3 Å². The largest absolute Gasteiger partial charge is 0.508 e. The molecule has 0 unspecified atom stereocenters. The minimum atomic E-state index is -3.86. The van der Waals surface area contributed by atoms with Crippen LogP contribution in [0, 0.1) is 6.92 Å². The van der Waals surface area contributed by atoms with E-state index < -0.39 is 10.0 Å². The highest BCUT2D eigenvalue weighted by atomic mass is 32.2. The van der Waals surface area contributed by atoms with Crippen LogP contribution in [0.3, 0.4) is 0 Å². The molecule has 1 aliphatic heterocycles. The monoisotopic (exact) mass is 334 g/mol. The number of phenolic OH excluding ortho intramolecular Hbond substituents is 1. The highest BCUT2D eigenvalue weighted by molar-refractivity contribution is 7.92. The Morgan fingerprint density at radius 1 is 1.26 bits per heavy atom. The summed E-state index contributed by atoms with van der Waals surface area (Å²) in [6.45, 7) is 1.47. The quantitative estimate of drug-likeness (QED) is 0.794. The van der Waals surface area contributed by atoms with Gasteiger partial charge >= 0.3 is 0 Å². The fraction of sp³-hybridized carbons (Fsp3) is 0.133. The van der Waals surface area contributed by atoms with Crippen LogP contribution in [0.15, 0.2) is 41.3 Å². The molecule has 0 aliphatic carbocycles. The molecule has 2 aromatic rings. The molecule has 0 bridgehead atoms. The average molecular weight is 334 g/mol. The minimum Gasteiger partial charge on any atom is -0.508 e. The number of hydrogen-bond acceptors (Lipinski definition) is 5. The molecular weight excluding hydrogens is 320 g/mol. The molecule has 0 spiro atoms. The first-order chi connectivity index (χ1) is 10.8. The summed E-state index contributed by atoms with van der Waals surface area (Å²) in [4.78, 5) is 11.3. The number of hydrogen-bond donors (Lipinski definition) is 3. The smallest absolute Gasteiger partial charge is 0.262 e. The molecule has 3 N–H and O–H groups in total. The Balaban J connectivity index is 1.98. The topological polar surface area (TPSA) is 105 Å². The van der Waals surface area contributed by atoms with Gasteiger partial charge in [-0.25, -0.2) is 8.42 Å². The van der Waals surface area contributed by atoms with Gasteiger partial charge in [-0.15, -0.1) is 0 Å². The second-order valence-corrected chi connectivity index (χ2v) is 6.76. The molecule has 1 heterocycles. The van der Waals surface area contributed by atoms with Crippen LogP contribution in [0.1, 0.15) is 5.56 Å². The Labute approximate surface area is 133 Å². The lowest BCUT2D eigenvalue weighted by molar-refractivity contribution is -0.118. The molecule has 7 nitrogen and oxygen atoms in total. The minimum absolute atomic E-state index is 0.0377. The summed E-state index contributed by atoms with van der Waals surface area (Å²) >= 11 is 0. The number of sulfonamides is 1. The first-order valence-corrected chi connectivity index (χ1v) is 8.22. The van der Waals surface area contributed by atoms with Crippen molar-refractivity contribution in [2.24, 2.45) is 0 Å². The van der Waals surface area contributed by atoms with E-state index in [1.54, 1.807) is 13.0 Å². The Morgan fingerprint density at radius 2 is 2.04 bits per heavy atom. The van der Waals surface area contributed by atoms with Crippen molar-refractivity contribution in [2.75, 3.05) is 16.6 Å². The average Bonchev–Trinajstić information content (AvgIpc) is 2.45. The van der Waals surface area contributed by atoms with Crippen LogP contribution in [0.2, 0.25) is 0 Å². The summed E-state index contributed by atoms with van der Waals surface area (Å²) in [7, 11) is -3.86. The van der Waals surface area contributed by atoms with Crippen molar-refractivity contribution in [2.45, 2.75) is 11.8 Å². The van der Waals surface area contributed by atoms with Crippen molar-refractivity contribution in [3.63, 3.8) is 0 Å². The standard InChI is InChI=1S/C15H14N2O5S/c1-9-5-12-13(22-8-15(19)16-12)7-14(9)23(20,21)17-10-3-2-4-11(18)6-10/h2-7,17-18H,8H2,1H3,(H,16,19). The van der Waals surface area contributed by atoms with E-state index in [-0.39, 0.29) is 28.8 Å². The fourth-order valence-corrected chi connectivity index (χ4v) is 3.58. The van der Waals surface area contributed by atoms with Gasteiger partial charge in [-0.2, -0.15) is 0 Å². The zero-order chi connectivity index (χ0) is 16.6. The molecule has 0 saturated heterocycles. The van der Waals surface area contributed by atoms with Crippen LogP contribution in [-0.4, -0.2) is 26.0 Å². The summed E-state index contributed by atoms with van der Waals surface area (Å²) in [5, 5.41) is 12.0. The molecule has 0 aromatic heterocycles. The fourth-order valence-electron chi connectivity index (χ4n) is 2.29. The Kier molecular flexibility index (Phi) is 3.61. The van der Waals surface area contributed by atoms with Crippen LogP contribution in [-0.2, 0) is 14.8 Å². The van der Waals surface area contributed by atoms with Crippen molar-refractivity contribution in [3.8, 4) is 11.5 Å². The molecule has 1 aliphatic rings. The molecular formula is C15H14N2O5S. The molecule has 8 heteroatoms. The lowest BCUT2D eigenvalue weighted by Gasteiger charge is -2.20. The van der Waals surface area contributed by atoms with Crippen molar-refractivity contribution in [1.29, 1.82) is 0 Å². The number of phenols is 1. The first kappa shape index (κ1) is 15.2. The van der Waals surface area contributed by atoms with Crippen molar-refractivity contribution < 1.29 is 23.1 Å². The third-order valence-electron chi connectivity index (χ3n) is 3.30. The lowest BCUT2D eigenvalue weighted by Crippen LogP contribution is -2.26. The van der Waals surface area contributed by atoms with Gasteiger partial charge in [0.2, 0.25) is 0 Å². The second-order valence-electron chi connectivity index (χ2n) is 5.11. The van der Waals surface area contributed by atoms with E-state index in [9.17, 15) is 18.3 Å². The van der Waals surface area contributed by atoms with Gasteiger partial charge in [0, 0.05) is 12.1 Å². The van der Waals surface area contributed by atoms with Gasteiger partial charge in [-0.3, -0.25) is 9.52 Å². The number of ether oxygens (including phenoxy) is 1. The predicted molar refractivity (Wildman–Crippen MR) is 84.2 cm³/mol. The van der Waals surface area contributed by atoms with Crippen LogP contribution in [0.25, 0.3) is 0 Å². The summed E-state index contributed by atoms with van der Waals surface area (Å²) in [5.74, 6) is -0.0321. The number of anilines is 2. The normalized spacial score (nSPS) is 13.7. The molecule has 3 rings (SSSR count). The number of aromatic hydroxyl groups is 1. The zero-order valence-corrected chi connectivity index (χ0v) is 13.0. The molecule has 0 fully saturated rings. The van der Waals surface area contributed by atoms with E-state index in [0.717, 1.165) is 0 Å². The number of nitrogens with one attached hydrogen (secondary N) is 2. The molecule has 23 heavy (non-hydrogen) atoms. The molecule has 2 aromatic carbocycles. The Hall–Kier alpha value is -2.74. The van der Waals surface area contributed by atoms with Crippen LogP contribution < -0.4 is 14.8 Å². The second kappa shape index (κ2) is 5.47. The van der Waals surface area contributed by atoms with Gasteiger partial charge in [-0.05, 0) is 30.7 Å². The van der Waals surface area contributed by atoms with Crippen molar-refractivity contribution in [1.82, 2.24) is 0 Å². The first-order valence-electron chi connectivity index (χ1n) is 6.74. The zero-order valence-electron chi connectivity index (χ0n) is 12.2. The van der Waals surface area contributed by atoms with E-state index in [2.05, 4.69) is 10.0 Å². The SMILES string of the molecule is Cc1cc2c(cc1S(=O)(=O)Nc1cccc(O)c1)OCC(=O)N2. The number of benzene rings is 2. The summed E-state index contributed by atoms with van der Waals surface area (Å²) < 4.78 is 32.7. The van der Waals surface area contributed by atoms with Gasteiger partial charge in [0.25, 0.3) is 15.9 Å². The van der Waals surface area contributed by atoms with E-state index >= 15 is 0 Å². The Morgan fingerprint density at radius 3 is 2.78 bits per heavy atom. The summed E-state index contributed by atoms with van der Waals surface area (Å²) in [6, 6.07) is 8.73. The Bertz CT molecular complexity index is 893.